The van der Waals surface area contributed by atoms with Gasteiger partial charge in [0.15, 0.2) is 0 Å². The van der Waals surface area contributed by atoms with E-state index in [1.165, 1.54) is 10.6 Å². The zero-order chi connectivity index (χ0) is 25.9. The minimum absolute atomic E-state index is 0.101. The maximum absolute atomic E-state index is 13.0. The van der Waals surface area contributed by atoms with Crippen LogP contribution in [-0.2, 0) is 37.3 Å². The Hall–Kier alpha value is -2.28. The van der Waals surface area contributed by atoms with E-state index in [4.69, 9.17) is 9.82 Å². The number of aliphatic hydroxyl groups is 1. The van der Waals surface area contributed by atoms with Crippen LogP contribution in [0, 0.1) is 5.92 Å². The average molecular weight is 525 g/mol. The summed E-state index contributed by atoms with van der Waals surface area (Å²) in [5.74, 6) is -0.676. The number of nitrogens with zero attached hydrogens (tertiary/aromatic N) is 3. The van der Waals surface area contributed by atoms with Gasteiger partial charge >= 0.3 is 11.9 Å². The van der Waals surface area contributed by atoms with E-state index in [9.17, 15) is 28.2 Å². The maximum Gasteiger partial charge on any atom is 0.343 e. The summed E-state index contributed by atoms with van der Waals surface area (Å²) in [4.78, 5) is 35.2. The summed E-state index contributed by atoms with van der Waals surface area (Å²) < 4.78 is 25.2. The lowest BCUT2D eigenvalue weighted by Crippen LogP contribution is -2.55. The highest BCUT2D eigenvalue weighted by Gasteiger charge is 2.44. The zero-order valence-corrected chi connectivity index (χ0v) is 21.5. The first-order valence-corrected chi connectivity index (χ1v) is 14.6. The highest BCUT2D eigenvalue weighted by molar-refractivity contribution is 7.88. The molecule has 2 atom stereocenters. The van der Waals surface area contributed by atoms with Crippen molar-refractivity contribution >= 4 is 27.8 Å². The maximum atomic E-state index is 13.0. The summed E-state index contributed by atoms with van der Waals surface area (Å²) in [5.41, 5.74) is 2.26. The van der Waals surface area contributed by atoms with Crippen molar-refractivity contribution in [1.29, 1.82) is 0 Å². The Bertz CT molecular complexity index is 1060. The fraction of sp³-hybridized carbons (Fsp3) is 0.708. The predicted molar refractivity (Wildman–Crippen MR) is 132 cm³/mol. The molecular weight excluding hydrogens is 488 g/mol. The van der Waals surface area contributed by atoms with E-state index in [0.717, 1.165) is 54.3 Å². The lowest BCUT2D eigenvalue weighted by atomic mass is 9.76. The van der Waals surface area contributed by atoms with Gasteiger partial charge in [0.25, 0.3) is 0 Å². The second-order valence-electron chi connectivity index (χ2n) is 10.0. The zero-order valence-electron chi connectivity index (χ0n) is 20.6. The fourth-order valence-corrected chi connectivity index (χ4v) is 6.53. The lowest BCUT2D eigenvalue weighted by Gasteiger charge is -2.44. The van der Waals surface area contributed by atoms with Crippen molar-refractivity contribution < 1.29 is 33.1 Å². The highest BCUT2D eigenvalue weighted by Crippen LogP contribution is 2.37. The predicted octanol–water partition coefficient (Wildman–Crippen LogP) is 1.17. The van der Waals surface area contributed by atoms with Gasteiger partial charge in [-0.1, -0.05) is 6.07 Å². The molecule has 0 unspecified atom stereocenters. The van der Waals surface area contributed by atoms with Crippen LogP contribution in [0.2, 0.25) is 0 Å². The van der Waals surface area contributed by atoms with Crippen LogP contribution in [0.15, 0.2) is 12.1 Å². The number of aliphatic hydroxyl groups excluding tert-OH is 1. The van der Waals surface area contributed by atoms with E-state index in [0.29, 0.717) is 31.6 Å². The molecule has 0 radical (unpaired) electrons. The third-order valence-electron chi connectivity index (χ3n) is 7.42. The minimum Gasteiger partial charge on any atom is -0.480 e. The molecule has 36 heavy (non-hydrogen) atoms. The number of aromatic nitrogens is 1. The number of hydrogen-bond acceptors (Lipinski definition) is 9. The smallest absolute Gasteiger partial charge is 0.343 e. The van der Waals surface area contributed by atoms with Gasteiger partial charge in [-0.2, -0.15) is 4.31 Å². The highest BCUT2D eigenvalue weighted by atomic mass is 32.2. The molecule has 1 saturated carbocycles. The normalized spacial score (nSPS) is 25.0. The topological polar surface area (TPSA) is 149 Å². The van der Waals surface area contributed by atoms with Crippen molar-refractivity contribution in [1.82, 2.24) is 14.4 Å². The quantitative estimate of drug-likeness (QED) is 0.360. The number of sulfonamides is 1. The number of nitrogens with one attached hydrogen (secondary N) is 1. The van der Waals surface area contributed by atoms with Crippen LogP contribution in [0.1, 0.15) is 56.2 Å². The van der Waals surface area contributed by atoms with Crippen LogP contribution in [-0.4, -0.2) is 89.0 Å². The standard InChI is InChI=1S/C24H36N4O7S/c1-36(33,34)27-12-3-5-21(27)24(32)35-28(20(10-13-29)23(30)31)19-14-16(15-19)6-8-18-9-7-17-4-2-11-25-22(17)26-18/h7,9,16,19-21,29H,2-6,8,10-15H2,1H3,(H,25,26)(H,30,31)/t16?,19?,20-,21-/m0/s1. The van der Waals surface area contributed by atoms with Gasteiger partial charge in [0.05, 0.1) is 6.26 Å². The van der Waals surface area contributed by atoms with E-state index in [-0.39, 0.29) is 25.6 Å². The Labute approximate surface area is 211 Å². The Balaban J connectivity index is 1.38. The molecule has 0 aromatic carbocycles. The summed E-state index contributed by atoms with van der Waals surface area (Å²) in [6.45, 7) is 0.789. The molecule has 12 heteroatoms. The van der Waals surface area contributed by atoms with Crippen LogP contribution in [0.3, 0.4) is 0 Å². The van der Waals surface area contributed by atoms with Crippen molar-refractivity contribution in [3.05, 3.63) is 23.4 Å². The Morgan fingerprint density at radius 3 is 2.78 bits per heavy atom. The van der Waals surface area contributed by atoms with Gasteiger partial charge in [0.2, 0.25) is 10.0 Å². The summed E-state index contributed by atoms with van der Waals surface area (Å²) >= 11 is 0. The number of carboxylic acids is 1. The molecule has 1 aromatic heterocycles. The van der Waals surface area contributed by atoms with E-state index >= 15 is 0 Å². The Kier molecular flexibility index (Phi) is 8.48. The number of carbonyl (C=O) groups is 2. The number of aryl methyl sites for hydroxylation is 2. The van der Waals surface area contributed by atoms with Crippen molar-refractivity contribution in [2.24, 2.45) is 5.92 Å². The molecule has 4 rings (SSSR count). The fourth-order valence-electron chi connectivity index (χ4n) is 5.42. The number of anilines is 1. The summed E-state index contributed by atoms with van der Waals surface area (Å²) in [7, 11) is -3.59. The van der Waals surface area contributed by atoms with Crippen molar-refractivity contribution in [2.45, 2.75) is 75.9 Å². The van der Waals surface area contributed by atoms with Crippen LogP contribution in [0.5, 0.6) is 0 Å². The largest absolute Gasteiger partial charge is 0.480 e. The SMILES string of the molecule is CS(=O)(=O)N1CCC[C@H]1C(=O)ON(C1CC(CCc2ccc3c(n2)NCCC3)C1)[C@@H](CCO)C(=O)O. The second-order valence-corrected chi connectivity index (χ2v) is 12.0. The van der Waals surface area contributed by atoms with Crippen LogP contribution < -0.4 is 5.32 Å². The summed E-state index contributed by atoms with van der Waals surface area (Å²) in [5, 5.41) is 23.7. The Morgan fingerprint density at radius 1 is 1.31 bits per heavy atom. The molecule has 2 aliphatic heterocycles. The van der Waals surface area contributed by atoms with Gasteiger partial charge in [-0.15, -0.1) is 5.06 Å². The molecule has 1 aliphatic carbocycles. The second kappa shape index (κ2) is 11.4. The number of pyridine rings is 1. The Morgan fingerprint density at radius 2 is 2.08 bits per heavy atom. The number of aliphatic carboxylic acids is 1. The molecule has 0 spiro atoms. The van der Waals surface area contributed by atoms with Crippen molar-refractivity contribution in [2.75, 3.05) is 31.3 Å². The molecule has 3 N–H and O–H groups in total. The molecule has 1 aromatic rings. The van der Waals surface area contributed by atoms with Gasteiger partial charge in [-0.05, 0) is 75.3 Å². The molecule has 3 heterocycles. The van der Waals surface area contributed by atoms with Gasteiger partial charge in [-0.25, -0.2) is 18.2 Å². The molecule has 0 amide bonds. The molecule has 200 valence electrons. The molecule has 11 nitrogen and oxygen atoms in total. The molecule has 3 aliphatic rings. The van der Waals surface area contributed by atoms with Gasteiger partial charge in [-0.3, -0.25) is 4.79 Å². The summed E-state index contributed by atoms with van der Waals surface area (Å²) in [6, 6.07) is 1.71. The van der Waals surface area contributed by atoms with E-state index in [2.05, 4.69) is 17.4 Å². The number of hydroxylamine groups is 2. The van der Waals surface area contributed by atoms with Crippen molar-refractivity contribution in [3.63, 3.8) is 0 Å². The number of carboxylic acid groups (broad SMARTS) is 1. The van der Waals surface area contributed by atoms with Crippen LogP contribution in [0.25, 0.3) is 0 Å². The van der Waals surface area contributed by atoms with E-state index < -0.39 is 34.0 Å². The lowest BCUT2D eigenvalue weighted by molar-refractivity contribution is -0.236. The number of hydrogen-bond donors (Lipinski definition) is 3. The van der Waals surface area contributed by atoms with Gasteiger partial charge < -0.3 is 20.4 Å². The minimum atomic E-state index is -3.59. The van der Waals surface area contributed by atoms with E-state index in [1.54, 1.807) is 0 Å². The van der Waals surface area contributed by atoms with Crippen LogP contribution in [0.4, 0.5) is 5.82 Å². The molecule has 1 saturated heterocycles. The molecule has 2 fully saturated rings. The van der Waals surface area contributed by atoms with Crippen molar-refractivity contribution in [3.8, 4) is 0 Å². The first kappa shape index (κ1) is 26.8. The van der Waals surface area contributed by atoms with E-state index in [1.807, 2.05) is 0 Å². The molecular formula is C24H36N4O7S. The number of rotatable bonds is 11. The monoisotopic (exact) mass is 524 g/mol. The average Bonchev–Trinajstić information content (AvgIpc) is 3.31. The molecule has 0 bridgehead atoms. The first-order valence-electron chi connectivity index (χ1n) is 12.7. The third kappa shape index (κ3) is 6.16. The first-order chi connectivity index (χ1) is 17.2. The number of fused-ring (bicyclic) bond motifs is 1. The number of carbonyl (C=O) groups excluding carboxylic acids is 1. The van der Waals surface area contributed by atoms with Gasteiger partial charge in [0, 0.05) is 31.4 Å². The van der Waals surface area contributed by atoms with Crippen LogP contribution >= 0.6 is 0 Å². The third-order valence-corrected chi connectivity index (χ3v) is 8.71. The summed E-state index contributed by atoms with van der Waals surface area (Å²) in [6.07, 6.45) is 6.93. The van der Waals surface area contributed by atoms with Gasteiger partial charge in [0.1, 0.15) is 17.9 Å².